The molecule has 0 radical (unpaired) electrons. The average Bonchev–Trinajstić information content (AvgIpc) is 3.06. The zero-order chi connectivity index (χ0) is 22.7. The van der Waals surface area contributed by atoms with Gasteiger partial charge < -0.3 is 14.8 Å². The van der Waals surface area contributed by atoms with E-state index in [1.165, 1.54) is 4.90 Å². The fourth-order valence-electron chi connectivity index (χ4n) is 3.42. The van der Waals surface area contributed by atoms with Gasteiger partial charge in [-0.05, 0) is 88.7 Å². The molecule has 32 heavy (non-hydrogen) atoms. The number of nitrogens with one attached hydrogen (secondary N) is 1. The lowest BCUT2D eigenvalue weighted by atomic mass is 10.1. The van der Waals surface area contributed by atoms with Crippen molar-refractivity contribution in [2.45, 2.75) is 13.5 Å². The number of benzene rings is 3. The van der Waals surface area contributed by atoms with E-state index >= 15 is 0 Å². The number of para-hydroxylation sites is 1. The highest BCUT2D eigenvalue weighted by Crippen LogP contribution is 2.28. The van der Waals surface area contributed by atoms with Crippen molar-refractivity contribution in [3.05, 3.63) is 93.6 Å². The van der Waals surface area contributed by atoms with Gasteiger partial charge in [-0.3, -0.25) is 9.69 Å². The molecule has 162 valence electrons. The molecule has 0 aliphatic carbocycles. The molecular formula is C25H21BrN2O3S. The Hall–Kier alpha value is -3.16. The van der Waals surface area contributed by atoms with Crippen LogP contribution in [0.1, 0.15) is 16.7 Å². The van der Waals surface area contributed by atoms with Crippen LogP contribution in [-0.4, -0.2) is 18.1 Å². The highest BCUT2D eigenvalue weighted by molar-refractivity contribution is 9.10. The normalized spacial score (nSPS) is 14.6. The largest absolute Gasteiger partial charge is 0.496 e. The smallest absolute Gasteiger partial charge is 0.281 e. The third-order valence-corrected chi connectivity index (χ3v) is 5.91. The second-order valence-corrected chi connectivity index (χ2v) is 8.50. The van der Waals surface area contributed by atoms with Crippen molar-refractivity contribution in [2.24, 2.45) is 0 Å². The third kappa shape index (κ3) is 4.69. The first-order valence-corrected chi connectivity index (χ1v) is 11.1. The molecule has 0 spiro atoms. The Labute approximate surface area is 200 Å². The summed E-state index contributed by atoms with van der Waals surface area (Å²) >= 11 is 8.91. The van der Waals surface area contributed by atoms with Gasteiger partial charge in [0.1, 0.15) is 23.8 Å². The van der Waals surface area contributed by atoms with Crippen LogP contribution >= 0.6 is 28.1 Å². The van der Waals surface area contributed by atoms with Crippen LogP contribution in [0, 0.1) is 6.92 Å². The van der Waals surface area contributed by atoms with Crippen LogP contribution in [0.5, 0.6) is 11.5 Å². The summed E-state index contributed by atoms with van der Waals surface area (Å²) in [7, 11) is 1.62. The monoisotopic (exact) mass is 508 g/mol. The fourth-order valence-corrected chi connectivity index (χ4v) is 4.12. The fraction of sp³-hybridized carbons (Fsp3) is 0.120. The number of nitrogens with zero attached hydrogens (tertiary/aromatic N) is 1. The molecule has 5 nitrogen and oxygen atoms in total. The predicted octanol–water partition coefficient (Wildman–Crippen LogP) is 5.61. The summed E-state index contributed by atoms with van der Waals surface area (Å²) in [5, 5.41) is 3.39. The van der Waals surface area contributed by atoms with Crippen molar-refractivity contribution in [2.75, 3.05) is 12.0 Å². The van der Waals surface area contributed by atoms with Crippen molar-refractivity contribution in [3.8, 4) is 11.5 Å². The van der Waals surface area contributed by atoms with Crippen molar-refractivity contribution in [1.82, 2.24) is 5.32 Å². The number of carbonyl (C=O) groups excluding carboxylic acids is 1. The number of amides is 1. The SMILES string of the molecule is COc1ccc(/C=C2/NC(=S)N(c3cccc(C)c3)C2=O)cc1COc1ccccc1Br. The second-order valence-electron chi connectivity index (χ2n) is 7.26. The lowest BCUT2D eigenvalue weighted by molar-refractivity contribution is -0.113. The number of hydrogen-bond acceptors (Lipinski definition) is 4. The summed E-state index contributed by atoms with van der Waals surface area (Å²) in [5.74, 6) is 1.26. The van der Waals surface area contributed by atoms with Crippen LogP contribution in [0.25, 0.3) is 6.08 Å². The van der Waals surface area contributed by atoms with Crippen molar-refractivity contribution < 1.29 is 14.3 Å². The van der Waals surface area contributed by atoms with E-state index in [4.69, 9.17) is 21.7 Å². The van der Waals surface area contributed by atoms with E-state index in [9.17, 15) is 4.79 Å². The molecule has 4 rings (SSSR count). The van der Waals surface area contributed by atoms with Gasteiger partial charge in [0.25, 0.3) is 5.91 Å². The van der Waals surface area contributed by atoms with Gasteiger partial charge in [0.2, 0.25) is 0 Å². The van der Waals surface area contributed by atoms with Gasteiger partial charge in [-0.2, -0.15) is 0 Å². The molecular weight excluding hydrogens is 488 g/mol. The van der Waals surface area contributed by atoms with Gasteiger partial charge in [0.05, 0.1) is 17.3 Å². The van der Waals surface area contributed by atoms with E-state index in [0.717, 1.165) is 32.6 Å². The standard InChI is InChI=1S/C25H21BrN2O3S/c1-16-6-5-7-19(12-16)28-24(29)21(27-25(28)32)14-17-10-11-22(30-2)18(13-17)15-31-23-9-4-3-8-20(23)26/h3-14H,15H2,1-2H3,(H,27,32)/b21-14+. The molecule has 1 amide bonds. The molecule has 0 bridgehead atoms. The average molecular weight is 509 g/mol. The molecule has 3 aromatic carbocycles. The van der Waals surface area contributed by atoms with Gasteiger partial charge in [-0.15, -0.1) is 0 Å². The molecule has 0 atom stereocenters. The third-order valence-electron chi connectivity index (χ3n) is 4.97. The highest BCUT2D eigenvalue weighted by Gasteiger charge is 2.32. The van der Waals surface area contributed by atoms with E-state index in [1.54, 1.807) is 13.2 Å². The van der Waals surface area contributed by atoms with Crippen LogP contribution in [-0.2, 0) is 11.4 Å². The van der Waals surface area contributed by atoms with Gasteiger partial charge >= 0.3 is 0 Å². The Kier molecular flexibility index (Phi) is 6.58. The molecule has 1 aliphatic rings. The van der Waals surface area contributed by atoms with E-state index in [2.05, 4.69) is 21.2 Å². The number of carbonyl (C=O) groups is 1. The summed E-state index contributed by atoms with van der Waals surface area (Å²) in [5.41, 5.74) is 3.91. The lowest BCUT2D eigenvalue weighted by Crippen LogP contribution is -2.30. The van der Waals surface area contributed by atoms with Crippen LogP contribution in [0.2, 0.25) is 0 Å². The minimum Gasteiger partial charge on any atom is -0.496 e. The molecule has 0 unspecified atom stereocenters. The molecule has 1 N–H and O–H groups in total. The van der Waals surface area contributed by atoms with Gasteiger partial charge in [0, 0.05) is 5.56 Å². The van der Waals surface area contributed by atoms with E-state index in [0.29, 0.717) is 23.2 Å². The van der Waals surface area contributed by atoms with Crippen LogP contribution in [0.3, 0.4) is 0 Å². The number of rotatable bonds is 6. The topological polar surface area (TPSA) is 50.8 Å². The minimum atomic E-state index is -0.192. The Morgan fingerprint density at radius 2 is 1.88 bits per heavy atom. The quantitative estimate of drug-likeness (QED) is 0.346. The van der Waals surface area contributed by atoms with Crippen LogP contribution < -0.4 is 19.7 Å². The summed E-state index contributed by atoms with van der Waals surface area (Å²) < 4.78 is 12.3. The Morgan fingerprint density at radius 1 is 1.06 bits per heavy atom. The van der Waals surface area contributed by atoms with Crippen molar-refractivity contribution in [1.29, 1.82) is 0 Å². The number of anilines is 1. The Morgan fingerprint density at radius 3 is 2.62 bits per heavy atom. The van der Waals surface area contributed by atoms with E-state index in [1.807, 2.05) is 73.7 Å². The predicted molar refractivity (Wildman–Crippen MR) is 134 cm³/mol. The molecule has 1 aliphatic heterocycles. The molecule has 3 aromatic rings. The second kappa shape index (κ2) is 9.54. The van der Waals surface area contributed by atoms with E-state index < -0.39 is 0 Å². The summed E-state index contributed by atoms with van der Waals surface area (Å²) in [4.78, 5) is 14.5. The molecule has 1 saturated heterocycles. The van der Waals surface area contributed by atoms with Gasteiger partial charge in [-0.25, -0.2) is 0 Å². The number of ether oxygens (including phenoxy) is 2. The molecule has 0 saturated carbocycles. The summed E-state index contributed by atoms with van der Waals surface area (Å²) in [6.07, 6.45) is 1.78. The first-order valence-electron chi connectivity index (χ1n) is 9.94. The maximum Gasteiger partial charge on any atom is 0.281 e. The lowest BCUT2D eigenvalue weighted by Gasteiger charge is -2.14. The molecule has 1 fully saturated rings. The maximum absolute atomic E-state index is 13.0. The van der Waals surface area contributed by atoms with Gasteiger partial charge in [-0.1, -0.05) is 30.3 Å². The molecule has 7 heteroatoms. The van der Waals surface area contributed by atoms with Crippen molar-refractivity contribution >= 4 is 50.9 Å². The number of methoxy groups -OCH3 is 1. The number of halogens is 1. The Bertz CT molecular complexity index is 1230. The number of aryl methyl sites for hydroxylation is 1. The number of thiocarbonyl (C=S) groups is 1. The first kappa shape index (κ1) is 22.0. The summed E-state index contributed by atoms with van der Waals surface area (Å²) in [6.45, 7) is 2.30. The highest BCUT2D eigenvalue weighted by atomic mass is 79.9. The van der Waals surface area contributed by atoms with Crippen molar-refractivity contribution in [3.63, 3.8) is 0 Å². The Balaban J connectivity index is 1.58. The summed E-state index contributed by atoms with van der Waals surface area (Å²) in [6, 6.07) is 21.0. The zero-order valence-electron chi connectivity index (χ0n) is 17.6. The van der Waals surface area contributed by atoms with E-state index in [-0.39, 0.29) is 5.91 Å². The minimum absolute atomic E-state index is 0.192. The van der Waals surface area contributed by atoms with Crippen LogP contribution in [0.15, 0.2) is 76.9 Å². The molecule has 1 heterocycles. The zero-order valence-corrected chi connectivity index (χ0v) is 20.0. The first-order chi connectivity index (χ1) is 15.5. The van der Waals surface area contributed by atoms with Gasteiger partial charge in [0.15, 0.2) is 5.11 Å². The van der Waals surface area contributed by atoms with Crippen LogP contribution in [0.4, 0.5) is 5.69 Å². The number of hydrogen-bond donors (Lipinski definition) is 1. The maximum atomic E-state index is 13.0. The molecule has 0 aromatic heterocycles.